The molecular formula is C62H86ClFN10O10. The van der Waals surface area contributed by atoms with E-state index in [2.05, 4.69) is 55.2 Å². The van der Waals surface area contributed by atoms with Crippen molar-refractivity contribution < 1.29 is 44.6 Å². The number of ether oxygens (including phenoxy) is 3. The molecule has 0 bridgehead atoms. The number of aromatic nitrogens is 3. The molecule has 84 heavy (non-hydrogen) atoms. The summed E-state index contributed by atoms with van der Waals surface area (Å²) in [4.78, 5) is 68.1. The van der Waals surface area contributed by atoms with E-state index in [0.29, 0.717) is 55.1 Å². The predicted octanol–water partition coefficient (Wildman–Crippen LogP) is 13.2. The minimum atomic E-state index is -0.524. The van der Waals surface area contributed by atoms with E-state index < -0.39 is 27.8 Å². The lowest BCUT2D eigenvalue weighted by Gasteiger charge is -2.19. The lowest BCUT2D eigenvalue weighted by atomic mass is 10.0. The van der Waals surface area contributed by atoms with Gasteiger partial charge in [0.25, 0.3) is 5.69 Å². The number of nitrogens with zero attached hydrogens (tertiary/aromatic N) is 5. The molecule has 0 atom stereocenters. The molecular weight excluding hydrogens is 1100 g/mol. The van der Waals surface area contributed by atoms with Gasteiger partial charge in [0.15, 0.2) is 0 Å². The number of hydrogen-bond acceptors (Lipinski definition) is 15. The van der Waals surface area contributed by atoms with Crippen molar-refractivity contribution in [2.24, 2.45) is 0 Å². The number of carbonyl (C=O) groups excluding carboxylic acids is 3. The molecule has 6 aromatic rings. The summed E-state index contributed by atoms with van der Waals surface area (Å²) in [5.74, 6) is 0. The Labute approximate surface area is 499 Å². The molecule has 0 fully saturated rings. The molecule has 0 saturated heterocycles. The fraction of sp³-hybridized carbons (Fsp3) is 0.419. The first kappa shape index (κ1) is 71.6. The van der Waals surface area contributed by atoms with Crippen LogP contribution in [0.2, 0.25) is 5.02 Å². The van der Waals surface area contributed by atoms with Crippen molar-refractivity contribution in [3.63, 3.8) is 0 Å². The zero-order valence-corrected chi connectivity index (χ0v) is 51.8. The number of rotatable bonds is 15. The maximum atomic E-state index is 11.7. The van der Waals surface area contributed by atoms with Crippen LogP contribution in [0.4, 0.5) is 41.8 Å². The Morgan fingerprint density at radius 1 is 0.500 bits per heavy atom. The molecule has 7 N–H and O–H groups in total. The van der Waals surface area contributed by atoms with Crippen LogP contribution in [-0.4, -0.2) is 79.5 Å². The van der Waals surface area contributed by atoms with Crippen molar-refractivity contribution in [3.05, 3.63) is 189 Å². The van der Waals surface area contributed by atoms with Gasteiger partial charge in [-0.2, -0.15) is 0 Å². The van der Waals surface area contributed by atoms with Gasteiger partial charge in [-0.1, -0.05) is 72.3 Å². The summed E-state index contributed by atoms with van der Waals surface area (Å²) in [6.07, 6.45) is 2.26. The summed E-state index contributed by atoms with van der Waals surface area (Å²) in [7, 11) is 0. The number of nitro groups is 2. The molecule has 0 radical (unpaired) electrons. The number of amides is 3. The molecule has 22 heteroatoms. The van der Waals surface area contributed by atoms with Crippen LogP contribution in [0.5, 0.6) is 0 Å². The first-order valence-corrected chi connectivity index (χ1v) is 27.5. The number of hydrogen-bond donors (Lipinski definition) is 5. The van der Waals surface area contributed by atoms with E-state index in [-0.39, 0.29) is 39.6 Å². The highest BCUT2D eigenvalue weighted by atomic mass is 35.5. The molecule has 3 aromatic heterocycles. The number of halogens is 2. The number of nitrogens with one attached hydrogen (secondary N) is 3. The quantitative estimate of drug-likeness (QED) is 0.0276. The molecule has 0 aliphatic heterocycles. The van der Waals surface area contributed by atoms with Crippen LogP contribution in [0.25, 0.3) is 0 Å². The minimum absolute atomic E-state index is 0. The van der Waals surface area contributed by atoms with Gasteiger partial charge in [-0.3, -0.25) is 39.9 Å². The van der Waals surface area contributed by atoms with Crippen LogP contribution in [0.3, 0.4) is 0 Å². The maximum absolute atomic E-state index is 11.7. The lowest BCUT2D eigenvalue weighted by molar-refractivity contribution is -0.386. The smallest absolute Gasteiger partial charge is 0.407 e. The fourth-order valence-electron chi connectivity index (χ4n) is 7.99. The Morgan fingerprint density at radius 2 is 0.798 bits per heavy atom. The van der Waals surface area contributed by atoms with Gasteiger partial charge in [0.2, 0.25) is 0 Å². The fourth-order valence-corrected chi connectivity index (χ4v) is 8.35. The SMILES string of the molecule is CC(C)(C)OC(=O)NCCc1ccc(N)cc1.Cc1cc(Cc2ccc(CCNC(=O)OC(C)(C)C)cc2)c(N)c(C)n1.Cc1cc(Cc2ccc(CCNC(=O)OC(C)(C)C)cc2)c([N+](=O)[O-])c(C)n1.Cc1cc(Cl)c([N+](=O)[O-])c(C)n1.F.[2HH]. The Bertz CT molecular complexity index is 3130. The number of benzene rings is 3. The van der Waals surface area contributed by atoms with Gasteiger partial charge < -0.3 is 41.6 Å². The highest BCUT2D eigenvalue weighted by Crippen LogP contribution is 2.28. The third-order valence-electron chi connectivity index (χ3n) is 11.5. The summed E-state index contributed by atoms with van der Waals surface area (Å²) >= 11 is 5.65. The third-order valence-corrected chi connectivity index (χ3v) is 11.8. The largest absolute Gasteiger partial charge is 0.444 e. The van der Waals surface area contributed by atoms with Crippen LogP contribution in [0, 0.1) is 61.8 Å². The number of pyridine rings is 3. The van der Waals surface area contributed by atoms with Crippen LogP contribution in [0.15, 0.2) is 91.0 Å². The van der Waals surface area contributed by atoms with E-state index in [4.69, 9.17) is 37.3 Å². The van der Waals surface area contributed by atoms with Crippen molar-refractivity contribution in [2.45, 2.75) is 153 Å². The number of nitrogen functional groups attached to an aromatic ring is 2. The van der Waals surface area contributed by atoms with Gasteiger partial charge in [-0.15, -0.1) is 0 Å². The average Bonchev–Trinajstić information content (AvgIpc) is 3.56. The molecule has 458 valence electrons. The van der Waals surface area contributed by atoms with Crippen molar-refractivity contribution in [2.75, 3.05) is 31.1 Å². The van der Waals surface area contributed by atoms with Crippen molar-refractivity contribution in [1.29, 1.82) is 0 Å². The molecule has 0 aliphatic rings. The van der Waals surface area contributed by atoms with E-state index in [1.165, 1.54) is 17.2 Å². The molecule has 0 aliphatic carbocycles. The van der Waals surface area contributed by atoms with Gasteiger partial charge in [0.1, 0.15) is 33.2 Å². The van der Waals surface area contributed by atoms with Gasteiger partial charge in [0.05, 0.1) is 21.2 Å². The highest BCUT2D eigenvalue weighted by Gasteiger charge is 2.21. The number of alkyl carbamates (subject to hydrolysis) is 3. The monoisotopic (exact) mass is 1190 g/mol. The van der Waals surface area contributed by atoms with Gasteiger partial charge >= 0.3 is 24.0 Å². The first-order valence-electron chi connectivity index (χ1n) is 27.1. The normalized spacial score (nSPS) is 10.9. The molecule has 6 rings (SSSR count). The third kappa shape index (κ3) is 27.5. The van der Waals surface area contributed by atoms with E-state index >= 15 is 0 Å². The topological polar surface area (TPSA) is 292 Å². The van der Waals surface area contributed by atoms with Crippen LogP contribution >= 0.6 is 11.6 Å². The molecule has 0 unspecified atom stereocenters. The standard InChI is InChI=1S/C21H27N3O4.C21H29N3O2.C13H20N2O2.C7H7ClN2O2.FH.H2/c1-14-12-18(19(24(26)27)15(2)23-14)13-17-8-6-16(7-9-17)10-11-22-20(25)28-21(3,4)5;1-14-12-18(19(22)15(2)24-14)13-17-8-6-16(7-9-17)10-11-23-20(25)26-21(3,4)5;1-13(2,3)17-12(16)15-9-8-10-4-6-11(14)7-5-10;1-4-3-6(8)7(10(11)12)5(2)9-4;;/h6-9,12H,10-11,13H2,1-5H3,(H,22,25);6-9,12H,10-11,13,22H2,1-5H3,(H,23,25);4-7H,8-9,14H2,1-3H3,(H,15,16);3H,1-2H3;2*1H/i;;;;;1+1. The Balaban J connectivity index is 0.000000587. The number of anilines is 2. The summed E-state index contributed by atoms with van der Waals surface area (Å²) < 4.78 is 15.6. The van der Waals surface area contributed by atoms with Crippen LogP contribution in [-0.2, 0) is 46.3 Å². The second-order valence-corrected chi connectivity index (χ2v) is 23.1. The zero-order valence-electron chi connectivity index (χ0n) is 51.1. The first-order chi connectivity index (χ1) is 38.6. The Morgan fingerprint density at radius 3 is 1.14 bits per heavy atom. The Kier molecular flexibility index (Phi) is 28.1. The van der Waals surface area contributed by atoms with E-state index in [1.54, 1.807) is 26.8 Å². The lowest BCUT2D eigenvalue weighted by Crippen LogP contribution is -2.33. The second kappa shape index (κ2) is 33.0. The predicted molar refractivity (Wildman–Crippen MR) is 332 cm³/mol. The van der Waals surface area contributed by atoms with E-state index in [0.717, 1.165) is 70.0 Å². The average molecular weight is 1190 g/mol. The number of nitrogens with two attached hydrogens (primary N) is 2. The van der Waals surface area contributed by atoms with E-state index in [9.17, 15) is 34.6 Å². The zero-order chi connectivity index (χ0) is 62.4. The molecule has 3 amide bonds. The van der Waals surface area contributed by atoms with Gasteiger partial charge in [-0.05, 0) is 193 Å². The number of carbonyl (C=O) groups is 3. The molecule has 3 aromatic carbocycles. The molecule has 20 nitrogen and oxygen atoms in total. The van der Waals surface area contributed by atoms with Gasteiger partial charge in [0, 0.05) is 55.8 Å². The van der Waals surface area contributed by atoms with Crippen LogP contribution < -0.4 is 27.4 Å². The molecule has 0 spiro atoms. The molecule has 3 heterocycles. The Hall–Kier alpha value is -8.46. The van der Waals surface area contributed by atoms with Crippen LogP contribution in [0.1, 0.15) is 137 Å². The summed E-state index contributed by atoms with van der Waals surface area (Å²) in [5, 5.41) is 30.2. The number of aryl methyl sites for hydroxylation is 6. The summed E-state index contributed by atoms with van der Waals surface area (Å²) in [6.45, 7) is 28.8. The van der Waals surface area contributed by atoms with Crippen molar-refractivity contribution >= 4 is 52.6 Å². The summed E-state index contributed by atoms with van der Waals surface area (Å²) in [6, 6.07) is 29.1. The highest BCUT2D eigenvalue weighted by molar-refractivity contribution is 6.32. The maximum Gasteiger partial charge on any atom is 0.407 e. The summed E-state index contributed by atoms with van der Waals surface area (Å²) in [5.41, 5.74) is 23.2. The second-order valence-electron chi connectivity index (χ2n) is 22.7. The van der Waals surface area contributed by atoms with Crippen molar-refractivity contribution in [1.82, 2.24) is 30.9 Å². The van der Waals surface area contributed by atoms with Gasteiger partial charge in [-0.25, -0.2) is 14.4 Å². The van der Waals surface area contributed by atoms with E-state index in [1.807, 2.05) is 138 Å². The molecule has 0 saturated carbocycles. The minimum Gasteiger partial charge on any atom is -0.444 e. The van der Waals surface area contributed by atoms with Crippen molar-refractivity contribution in [3.8, 4) is 0 Å².